The molecule has 28 heavy (non-hydrogen) atoms. The molecule has 0 saturated heterocycles. The van der Waals surface area contributed by atoms with E-state index in [9.17, 15) is 9.18 Å². The molecule has 1 aromatic heterocycles. The number of aromatic nitrogens is 2. The van der Waals surface area contributed by atoms with Crippen molar-refractivity contribution in [1.82, 2.24) is 15.3 Å². The quantitative estimate of drug-likeness (QED) is 0.375. The summed E-state index contributed by atoms with van der Waals surface area (Å²) in [5.74, 6) is -1.04. The Balaban J connectivity index is 1.77. The number of carbonyl (C=O) groups excluding carboxylic acids is 1. The SMILES string of the molecule is CSc1ncc(C(=O)NCc2ccc(Cl)c(Oc3cc(N)cc(Cl)c3)c2F)[nH]1. The normalized spacial score (nSPS) is 10.7. The molecule has 10 heteroatoms. The number of hydrogen-bond acceptors (Lipinski definition) is 5. The Morgan fingerprint density at radius 1 is 1.36 bits per heavy atom. The number of nitrogen functional groups attached to an aromatic ring is 1. The molecule has 0 aliphatic heterocycles. The number of amides is 1. The van der Waals surface area contributed by atoms with Crippen LogP contribution in [-0.2, 0) is 6.54 Å². The maximum Gasteiger partial charge on any atom is 0.269 e. The van der Waals surface area contributed by atoms with E-state index in [4.69, 9.17) is 33.7 Å². The summed E-state index contributed by atoms with van der Waals surface area (Å²) in [7, 11) is 0. The van der Waals surface area contributed by atoms with Crippen molar-refractivity contribution in [3.05, 3.63) is 63.6 Å². The Kier molecular flexibility index (Phi) is 6.33. The predicted octanol–water partition coefficient (Wildman–Crippen LogP) is 4.88. The van der Waals surface area contributed by atoms with E-state index in [1.54, 1.807) is 0 Å². The number of thioether (sulfide) groups is 1. The number of H-pyrrole nitrogens is 1. The van der Waals surface area contributed by atoms with E-state index in [0.29, 0.717) is 15.9 Å². The third-order valence-electron chi connectivity index (χ3n) is 3.67. The zero-order valence-corrected chi connectivity index (χ0v) is 16.9. The Bertz CT molecular complexity index is 1010. The maximum absolute atomic E-state index is 14.9. The van der Waals surface area contributed by atoms with Gasteiger partial charge >= 0.3 is 0 Å². The fourth-order valence-electron chi connectivity index (χ4n) is 2.36. The molecule has 0 fully saturated rings. The first-order valence-corrected chi connectivity index (χ1v) is 9.93. The van der Waals surface area contributed by atoms with Crippen molar-refractivity contribution < 1.29 is 13.9 Å². The molecule has 3 aromatic rings. The molecule has 0 saturated carbocycles. The maximum atomic E-state index is 14.9. The predicted molar refractivity (Wildman–Crippen MR) is 109 cm³/mol. The van der Waals surface area contributed by atoms with Crippen LogP contribution in [0, 0.1) is 5.82 Å². The average molecular weight is 441 g/mol. The molecular formula is C18H15Cl2FN4O2S. The molecule has 0 spiro atoms. The van der Waals surface area contributed by atoms with Crippen molar-refractivity contribution in [3.63, 3.8) is 0 Å². The second-order valence-electron chi connectivity index (χ2n) is 5.66. The number of nitrogens with zero attached hydrogens (tertiary/aromatic N) is 1. The number of aromatic amines is 1. The molecule has 0 bridgehead atoms. The summed E-state index contributed by atoms with van der Waals surface area (Å²) in [5.41, 5.74) is 6.57. The van der Waals surface area contributed by atoms with E-state index in [0.717, 1.165) is 0 Å². The van der Waals surface area contributed by atoms with Gasteiger partial charge in [-0.1, -0.05) is 41.0 Å². The lowest BCUT2D eigenvalue weighted by Crippen LogP contribution is -2.23. The van der Waals surface area contributed by atoms with Gasteiger partial charge in [-0.3, -0.25) is 4.79 Å². The molecule has 1 heterocycles. The summed E-state index contributed by atoms with van der Waals surface area (Å²) in [4.78, 5) is 19.1. The summed E-state index contributed by atoms with van der Waals surface area (Å²) in [6.45, 7) is -0.0660. The third kappa shape index (κ3) is 4.70. The van der Waals surface area contributed by atoms with E-state index in [2.05, 4.69) is 15.3 Å². The molecule has 2 aromatic carbocycles. The molecule has 6 nitrogen and oxygen atoms in total. The van der Waals surface area contributed by atoms with Crippen LogP contribution >= 0.6 is 35.0 Å². The summed E-state index contributed by atoms with van der Waals surface area (Å²) in [6.07, 6.45) is 3.25. The van der Waals surface area contributed by atoms with Gasteiger partial charge in [0.25, 0.3) is 5.91 Å². The van der Waals surface area contributed by atoms with Crippen molar-refractivity contribution in [2.45, 2.75) is 11.7 Å². The number of carbonyl (C=O) groups is 1. The van der Waals surface area contributed by atoms with Crippen LogP contribution in [0.15, 0.2) is 41.7 Å². The second-order valence-corrected chi connectivity index (χ2v) is 7.30. The number of halogens is 3. The number of nitrogens with one attached hydrogen (secondary N) is 2. The third-order valence-corrected chi connectivity index (χ3v) is 4.78. The number of ether oxygens (including phenoxy) is 1. The van der Waals surface area contributed by atoms with Gasteiger partial charge in [0.15, 0.2) is 16.7 Å². The zero-order valence-electron chi connectivity index (χ0n) is 14.6. The molecule has 3 rings (SSSR count). The van der Waals surface area contributed by atoms with Gasteiger partial charge in [-0.05, 0) is 24.5 Å². The van der Waals surface area contributed by atoms with Crippen LogP contribution in [0.3, 0.4) is 0 Å². The summed E-state index contributed by atoms with van der Waals surface area (Å²) < 4.78 is 20.4. The highest BCUT2D eigenvalue weighted by molar-refractivity contribution is 7.98. The highest BCUT2D eigenvalue weighted by atomic mass is 35.5. The smallest absolute Gasteiger partial charge is 0.269 e. The molecule has 0 atom stereocenters. The van der Waals surface area contributed by atoms with Crippen LogP contribution < -0.4 is 15.8 Å². The van der Waals surface area contributed by atoms with Crippen LogP contribution in [0.2, 0.25) is 10.0 Å². The topological polar surface area (TPSA) is 93.0 Å². The van der Waals surface area contributed by atoms with Crippen LogP contribution in [0.4, 0.5) is 10.1 Å². The van der Waals surface area contributed by atoms with Crippen molar-refractivity contribution in [2.75, 3.05) is 12.0 Å². The van der Waals surface area contributed by atoms with Crippen molar-refractivity contribution in [1.29, 1.82) is 0 Å². The minimum atomic E-state index is -0.694. The van der Waals surface area contributed by atoms with Crippen molar-refractivity contribution in [2.24, 2.45) is 0 Å². The summed E-state index contributed by atoms with van der Waals surface area (Å²) in [5, 5.41) is 3.65. The summed E-state index contributed by atoms with van der Waals surface area (Å²) >= 11 is 13.4. The van der Waals surface area contributed by atoms with Crippen LogP contribution in [0.1, 0.15) is 16.1 Å². The Morgan fingerprint density at radius 3 is 2.82 bits per heavy atom. The molecule has 1 amide bonds. The fourth-order valence-corrected chi connectivity index (χ4v) is 3.15. The number of imidazole rings is 1. The second kappa shape index (κ2) is 8.72. The van der Waals surface area contributed by atoms with Crippen molar-refractivity contribution >= 4 is 46.6 Å². The molecule has 0 aliphatic carbocycles. The lowest BCUT2D eigenvalue weighted by Gasteiger charge is -2.13. The Labute approximate surface area is 174 Å². The first-order valence-electron chi connectivity index (χ1n) is 7.95. The van der Waals surface area contributed by atoms with E-state index in [1.807, 2.05) is 6.26 Å². The van der Waals surface area contributed by atoms with Gasteiger partial charge in [0.05, 0.1) is 11.2 Å². The van der Waals surface area contributed by atoms with Gasteiger partial charge in [-0.15, -0.1) is 0 Å². The average Bonchev–Trinajstić information content (AvgIpc) is 3.13. The van der Waals surface area contributed by atoms with Gasteiger partial charge in [0.1, 0.15) is 11.4 Å². The largest absolute Gasteiger partial charge is 0.453 e. The number of anilines is 1. The van der Waals surface area contributed by atoms with Gasteiger partial charge in [-0.25, -0.2) is 9.37 Å². The number of rotatable bonds is 6. The van der Waals surface area contributed by atoms with Gasteiger partial charge < -0.3 is 20.8 Å². The molecular weight excluding hydrogens is 426 g/mol. The molecule has 4 N–H and O–H groups in total. The van der Waals surface area contributed by atoms with E-state index in [1.165, 1.54) is 48.3 Å². The molecule has 0 radical (unpaired) electrons. The van der Waals surface area contributed by atoms with E-state index in [-0.39, 0.29) is 34.3 Å². The van der Waals surface area contributed by atoms with Gasteiger partial charge in [-0.2, -0.15) is 0 Å². The van der Waals surface area contributed by atoms with Crippen LogP contribution in [-0.4, -0.2) is 22.1 Å². The fraction of sp³-hybridized carbons (Fsp3) is 0.111. The first kappa shape index (κ1) is 20.3. The van der Waals surface area contributed by atoms with Gasteiger partial charge in [0.2, 0.25) is 0 Å². The standard InChI is InChI=1S/C18H15Cl2FN4O2S/c1-28-18-24-8-14(25-18)17(26)23-7-9-2-3-13(20)16(15(9)21)27-12-5-10(19)4-11(22)6-12/h2-6,8H,7,22H2,1H3,(H,23,26)(H,24,25). The zero-order chi connectivity index (χ0) is 20.3. The minimum Gasteiger partial charge on any atom is -0.453 e. The molecule has 0 aliphatic rings. The highest BCUT2D eigenvalue weighted by Gasteiger charge is 2.17. The number of hydrogen-bond donors (Lipinski definition) is 3. The number of benzene rings is 2. The Hall–Kier alpha value is -2.42. The van der Waals surface area contributed by atoms with E-state index >= 15 is 0 Å². The lowest BCUT2D eigenvalue weighted by atomic mass is 10.2. The highest BCUT2D eigenvalue weighted by Crippen LogP contribution is 2.35. The van der Waals surface area contributed by atoms with Crippen molar-refractivity contribution in [3.8, 4) is 11.5 Å². The minimum absolute atomic E-state index is 0.0660. The van der Waals surface area contributed by atoms with E-state index < -0.39 is 11.7 Å². The summed E-state index contributed by atoms with van der Waals surface area (Å²) in [6, 6.07) is 7.48. The van der Waals surface area contributed by atoms with Crippen LogP contribution in [0.25, 0.3) is 0 Å². The monoisotopic (exact) mass is 440 g/mol. The Morgan fingerprint density at radius 2 is 2.14 bits per heavy atom. The first-order chi connectivity index (χ1) is 13.4. The molecule has 0 unspecified atom stereocenters. The van der Waals surface area contributed by atoms with Crippen LogP contribution in [0.5, 0.6) is 11.5 Å². The number of nitrogens with two attached hydrogens (primary N) is 1. The lowest BCUT2D eigenvalue weighted by molar-refractivity contribution is 0.0945. The molecule has 146 valence electrons. The van der Waals surface area contributed by atoms with Gasteiger partial charge in [0, 0.05) is 28.9 Å².